The molecule has 0 spiro atoms. The zero-order valence-electron chi connectivity index (χ0n) is 14.3. The van der Waals surface area contributed by atoms with Gasteiger partial charge in [0.1, 0.15) is 18.1 Å². The molecule has 4 rings (SSSR count). The van der Waals surface area contributed by atoms with Crippen LogP contribution in [0.1, 0.15) is 11.3 Å². The summed E-state index contributed by atoms with van der Waals surface area (Å²) in [6.45, 7) is 4.06. The van der Waals surface area contributed by atoms with E-state index in [9.17, 15) is 4.79 Å². The van der Waals surface area contributed by atoms with E-state index in [1.165, 1.54) is 0 Å². The lowest BCUT2D eigenvalue weighted by molar-refractivity contribution is -0.114. The molecule has 128 valence electrons. The maximum absolute atomic E-state index is 12.0. The van der Waals surface area contributed by atoms with Crippen LogP contribution < -0.4 is 10.2 Å². The van der Waals surface area contributed by atoms with E-state index in [4.69, 9.17) is 4.98 Å². The van der Waals surface area contributed by atoms with Gasteiger partial charge in [0.05, 0.1) is 11.4 Å². The number of likely N-dealkylation sites (N-methyl/N-ethyl adjacent to an activating group) is 1. The van der Waals surface area contributed by atoms with Crippen LogP contribution in [0, 0.1) is 0 Å². The zero-order valence-corrected chi connectivity index (χ0v) is 14.3. The standard InChI is InChI=1S/C19H21N5O/c1-23-9-11-24(12-10-23)16-8-7-15-19(22-16)18(20-13-17(25)21-15)14-5-3-2-4-6-14/h2-8H,9-13H2,1H3,(H,21,25). The number of aromatic nitrogens is 1. The third-order valence-corrected chi connectivity index (χ3v) is 4.63. The molecule has 2 aliphatic heterocycles. The van der Waals surface area contributed by atoms with Gasteiger partial charge >= 0.3 is 0 Å². The molecule has 6 nitrogen and oxygen atoms in total. The van der Waals surface area contributed by atoms with Crippen molar-refractivity contribution in [1.82, 2.24) is 9.88 Å². The molecular formula is C19H21N5O. The van der Waals surface area contributed by atoms with Crippen molar-refractivity contribution in [3.05, 3.63) is 53.7 Å². The van der Waals surface area contributed by atoms with E-state index in [-0.39, 0.29) is 12.5 Å². The number of piperazine rings is 1. The van der Waals surface area contributed by atoms with Crippen molar-refractivity contribution in [2.45, 2.75) is 0 Å². The highest BCUT2D eigenvalue weighted by Gasteiger charge is 2.22. The molecule has 0 saturated carbocycles. The average molecular weight is 335 g/mol. The minimum atomic E-state index is -0.110. The second kappa shape index (κ2) is 6.64. The van der Waals surface area contributed by atoms with Crippen molar-refractivity contribution in [2.24, 2.45) is 4.99 Å². The van der Waals surface area contributed by atoms with Crippen LogP contribution in [0.2, 0.25) is 0 Å². The molecule has 3 heterocycles. The van der Waals surface area contributed by atoms with Crippen LogP contribution in [-0.2, 0) is 4.79 Å². The van der Waals surface area contributed by atoms with Gasteiger partial charge in [-0.05, 0) is 19.2 Å². The van der Waals surface area contributed by atoms with Crippen LogP contribution >= 0.6 is 0 Å². The lowest BCUT2D eigenvalue weighted by atomic mass is 10.1. The number of amides is 1. The lowest BCUT2D eigenvalue weighted by Gasteiger charge is -2.33. The molecule has 1 fully saturated rings. The summed E-state index contributed by atoms with van der Waals surface area (Å²) in [6, 6.07) is 13.9. The molecular weight excluding hydrogens is 314 g/mol. The Kier molecular flexibility index (Phi) is 4.19. The number of pyridine rings is 1. The SMILES string of the molecule is CN1CCN(c2ccc3c(n2)C(c2ccccc2)=NCC(=O)N3)CC1. The van der Waals surface area contributed by atoms with E-state index >= 15 is 0 Å². The second-order valence-electron chi connectivity index (χ2n) is 6.43. The molecule has 0 bridgehead atoms. The number of nitrogens with zero attached hydrogens (tertiary/aromatic N) is 4. The van der Waals surface area contributed by atoms with Gasteiger partial charge in [0.15, 0.2) is 0 Å². The molecule has 6 heteroatoms. The number of carbonyl (C=O) groups excluding carboxylic acids is 1. The highest BCUT2D eigenvalue weighted by atomic mass is 16.1. The number of hydrogen-bond donors (Lipinski definition) is 1. The van der Waals surface area contributed by atoms with Crippen LogP contribution in [0.15, 0.2) is 47.5 Å². The molecule has 0 aliphatic carbocycles. The van der Waals surface area contributed by atoms with Crippen molar-refractivity contribution in [3.8, 4) is 0 Å². The fourth-order valence-electron chi connectivity index (χ4n) is 3.18. The van der Waals surface area contributed by atoms with Gasteiger partial charge < -0.3 is 15.1 Å². The Balaban J connectivity index is 1.75. The predicted octanol–water partition coefficient (Wildman–Crippen LogP) is 1.62. The van der Waals surface area contributed by atoms with Gasteiger partial charge in [-0.2, -0.15) is 0 Å². The lowest BCUT2D eigenvalue weighted by Crippen LogP contribution is -2.44. The van der Waals surface area contributed by atoms with Crippen molar-refractivity contribution in [1.29, 1.82) is 0 Å². The summed E-state index contributed by atoms with van der Waals surface area (Å²) < 4.78 is 0. The van der Waals surface area contributed by atoms with Gasteiger partial charge in [-0.3, -0.25) is 9.79 Å². The normalized spacial score (nSPS) is 18.2. The van der Waals surface area contributed by atoms with Gasteiger partial charge in [-0.1, -0.05) is 30.3 Å². The number of benzene rings is 1. The topological polar surface area (TPSA) is 60.8 Å². The first-order valence-corrected chi connectivity index (χ1v) is 8.55. The first-order valence-electron chi connectivity index (χ1n) is 8.55. The van der Waals surface area contributed by atoms with E-state index in [2.05, 4.69) is 27.2 Å². The Hall–Kier alpha value is -2.73. The third-order valence-electron chi connectivity index (χ3n) is 4.63. The molecule has 25 heavy (non-hydrogen) atoms. The van der Waals surface area contributed by atoms with Crippen LogP contribution in [0.3, 0.4) is 0 Å². The number of aliphatic imine (C=N–C) groups is 1. The van der Waals surface area contributed by atoms with Crippen LogP contribution in [0.25, 0.3) is 0 Å². The summed E-state index contributed by atoms with van der Waals surface area (Å²) in [5.74, 6) is 0.827. The quantitative estimate of drug-likeness (QED) is 0.906. The Labute approximate surface area is 147 Å². The molecule has 1 aromatic heterocycles. The van der Waals surface area contributed by atoms with E-state index in [1.54, 1.807) is 0 Å². The first-order chi connectivity index (χ1) is 12.2. The van der Waals surface area contributed by atoms with Gasteiger partial charge in [0, 0.05) is 31.7 Å². The van der Waals surface area contributed by atoms with Crippen molar-refractivity contribution in [2.75, 3.05) is 50.0 Å². The van der Waals surface area contributed by atoms with Crippen LogP contribution in [-0.4, -0.2) is 61.3 Å². The largest absolute Gasteiger partial charge is 0.354 e. The van der Waals surface area contributed by atoms with E-state index in [0.717, 1.165) is 54.7 Å². The highest BCUT2D eigenvalue weighted by Crippen LogP contribution is 2.25. The van der Waals surface area contributed by atoms with Gasteiger partial charge in [0.25, 0.3) is 0 Å². The number of rotatable bonds is 2. The minimum absolute atomic E-state index is 0.110. The van der Waals surface area contributed by atoms with Gasteiger partial charge in [-0.25, -0.2) is 4.98 Å². The van der Waals surface area contributed by atoms with Crippen LogP contribution in [0.5, 0.6) is 0 Å². The summed E-state index contributed by atoms with van der Waals surface area (Å²) in [5.41, 5.74) is 3.21. The molecule has 2 aliphatic rings. The number of anilines is 2. The Morgan fingerprint density at radius 3 is 2.52 bits per heavy atom. The number of fused-ring (bicyclic) bond motifs is 1. The highest BCUT2D eigenvalue weighted by molar-refractivity contribution is 6.18. The Morgan fingerprint density at radius 2 is 1.76 bits per heavy atom. The van der Waals surface area contributed by atoms with Crippen LogP contribution in [0.4, 0.5) is 11.5 Å². The maximum Gasteiger partial charge on any atom is 0.246 e. The summed E-state index contributed by atoms with van der Waals surface area (Å²) in [5, 5.41) is 2.92. The molecule has 2 aromatic rings. The summed E-state index contributed by atoms with van der Waals surface area (Å²) >= 11 is 0. The molecule has 1 amide bonds. The van der Waals surface area contributed by atoms with Crippen molar-refractivity contribution < 1.29 is 4.79 Å². The second-order valence-corrected chi connectivity index (χ2v) is 6.43. The average Bonchev–Trinajstić information content (AvgIpc) is 2.81. The fourth-order valence-corrected chi connectivity index (χ4v) is 3.18. The predicted molar refractivity (Wildman–Crippen MR) is 99.5 cm³/mol. The third kappa shape index (κ3) is 3.25. The van der Waals surface area contributed by atoms with Crippen molar-refractivity contribution in [3.63, 3.8) is 0 Å². The van der Waals surface area contributed by atoms with E-state index in [1.807, 2.05) is 42.5 Å². The van der Waals surface area contributed by atoms with Gasteiger partial charge in [-0.15, -0.1) is 0 Å². The molecule has 1 saturated heterocycles. The fraction of sp³-hybridized carbons (Fsp3) is 0.316. The van der Waals surface area contributed by atoms with Gasteiger partial charge in [0.2, 0.25) is 5.91 Å². The molecule has 0 radical (unpaired) electrons. The monoisotopic (exact) mass is 335 g/mol. The zero-order chi connectivity index (χ0) is 17.2. The summed E-state index contributed by atoms with van der Waals surface area (Å²) in [4.78, 5) is 26.0. The molecule has 0 atom stereocenters. The first kappa shape index (κ1) is 15.8. The Bertz CT molecular complexity index is 810. The molecule has 0 unspecified atom stereocenters. The molecule has 1 aromatic carbocycles. The number of carbonyl (C=O) groups is 1. The van der Waals surface area contributed by atoms with E-state index in [0.29, 0.717) is 0 Å². The molecule has 1 N–H and O–H groups in total. The summed E-state index contributed by atoms with van der Waals surface area (Å²) in [7, 11) is 2.14. The maximum atomic E-state index is 12.0. The number of hydrogen-bond acceptors (Lipinski definition) is 5. The minimum Gasteiger partial charge on any atom is -0.354 e. The number of nitrogens with one attached hydrogen (secondary N) is 1. The van der Waals surface area contributed by atoms with Crippen molar-refractivity contribution >= 4 is 23.1 Å². The smallest absolute Gasteiger partial charge is 0.246 e. The Morgan fingerprint density at radius 1 is 1.00 bits per heavy atom. The summed E-state index contributed by atoms with van der Waals surface area (Å²) in [6.07, 6.45) is 0. The van der Waals surface area contributed by atoms with E-state index < -0.39 is 0 Å².